The number of halogens is 12. The molecular formula is C14Cl12. The van der Waals surface area contributed by atoms with Gasteiger partial charge in [0.05, 0.1) is 60.3 Å². The summed E-state index contributed by atoms with van der Waals surface area (Å²) in [4.78, 5) is 0. The minimum Gasteiger partial charge on any atom is -0.0819 e. The summed E-state index contributed by atoms with van der Waals surface area (Å²) >= 11 is 73.6. The monoisotopic (exact) mass is 588 g/mol. The summed E-state index contributed by atoms with van der Waals surface area (Å²) in [6.45, 7) is 0. The zero-order chi connectivity index (χ0) is 20.1. The Morgan fingerprint density at radius 1 is 0.308 bits per heavy atom. The van der Waals surface area contributed by atoms with Crippen LogP contribution >= 0.6 is 139 Å². The van der Waals surface area contributed by atoms with E-state index < -0.39 is 0 Å². The normalized spacial score (nSPS) is 12.5. The van der Waals surface area contributed by atoms with Crippen LogP contribution in [0.1, 0.15) is 11.1 Å². The lowest BCUT2D eigenvalue weighted by molar-refractivity contribution is 1.61. The predicted octanol–water partition coefficient (Wildman–Crippen LogP) is 11.5. The first kappa shape index (κ1) is 23.9. The van der Waals surface area contributed by atoms with Crippen molar-refractivity contribution in [1.29, 1.82) is 0 Å². The molecular weight excluding hydrogens is 594 g/mol. The van der Waals surface area contributed by atoms with Crippen molar-refractivity contribution in [3.8, 4) is 0 Å². The molecule has 0 bridgehead atoms. The number of hydrogen-bond acceptors (Lipinski definition) is 0. The molecule has 0 aromatic heterocycles. The van der Waals surface area contributed by atoms with E-state index in [1.807, 2.05) is 0 Å². The first-order chi connectivity index (χ1) is 11.9. The number of rotatable bonds is 2. The maximum Gasteiger partial charge on any atom is 0.0809 e. The van der Waals surface area contributed by atoms with Crippen LogP contribution in [0, 0.1) is 0 Å². The second kappa shape index (κ2) is 9.21. The Balaban J connectivity index is 2.91. The van der Waals surface area contributed by atoms with Crippen molar-refractivity contribution in [2.75, 3.05) is 0 Å². The van der Waals surface area contributed by atoms with Crippen LogP contribution in [0.4, 0.5) is 0 Å². The van der Waals surface area contributed by atoms with Crippen LogP contribution in [-0.2, 0) is 0 Å². The van der Waals surface area contributed by atoms with Gasteiger partial charge in [-0.1, -0.05) is 139 Å². The molecule has 0 aliphatic heterocycles. The van der Waals surface area contributed by atoms with Crippen molar-refractivity contribution in [3.63, 3.8) is 0 Å². The molecule has 12 heteroatoms. The van der Waals surface area contributed by atoms with Gasteiger partial charge in [0.15, 0.2) is 0 Å². The van der Waals surface area contributed by atoms with E-state index in [9.17, 15) is 0 Å². The highest BCUT2D eigenvalue weighted by molar-refractivity contribution is 6.69. The van der Waals surface area contributed by atoms with E-state index in [2.05, 4.69) is 0 Å². The van der Waals surface area contributed by atoms with Gasteiger partial charge in [0.1, 0.15) is 0 Å². The molecule has 0 fully saturated rings. The summed E-state index contributed by atoms with van der Waals surface area (Å²) in [5, 5.41) is -0.979. The average molecular weight is 594 g/mol. The Bertz CT molecular complexity index is 824. The molecule has 0 N–H and O–H groups in total. The Labute approximate surface area is 208 Å². The second-order valence-corrected chi connectivity index (χ2v) is 9.05. The summed E-state index contributed by atoms with van der Waals surface area (Å²) in [6, 6.07) is 0. The van der Waals surface area contributed by atoms with Gasteiger partial charge in [0, 0.05) is 11.1 Å². The van der Waals surface area contributed by atoms with E-state index >= 15 is 0 Å². The van der Waals surface area contributed by atoms with Crippen LogP contribution in [0.3, 0.4) is 0 Å². The average Bonchev–Trinajstić information content (AvgIpc) is 2.61. The standard InChI is InChI=1S/C14Cl12/c15-3(1-5(17)9(21)13(25)10(22)6(1)18)4(16)2-7(19)11(23)14(26)12(24)8(2)20/b4-3-. The maximum absolute atomic E-state index is 6.37. The summed E-state index contributed by atoms with van der Waals surface area (Å²) in [6.07, 6.45) is 0. The van der Waals surface area contributed by atoms with Gasteiger partial charge < -0.3 is 0 Å². The molecule has 2 rings (SSSR count). The Morgan fingerprint density at radius 2 is 0.462 bits per heavy atom. The van der Waals surface area contributed by atoms with Gasteiger partial charge >= 0.3 is 0 Å². The van der Waals surface area contributed by atoms with Crippen LogP contribution in [0.2, 0.25) is 50.2 Å². The fourth-order valence-corrected chi connectivity index (χ4v) is 5.23. The molecule has 2 aromatic carbocycles. The zero-order valence-corrected chi connectivity index (χ0v) is 20.6. The van der Waals surface area contributed by atoms with Crippen LogP contribution in [0.15, 0.2) is 0 Å². The van der Waals surface area contributed by atoms with Crippen molar-refractivity contribution in [1.82, 2.24) is 0 Å². The first-order valence-corrected chi connectivity index (χ1v) is 10.6. The van der Waals surface area contributed by atoms with E-state index in [4.69, 9.17) is 139 Å². The third-order valence-electron chi connectivity index (χ3n) is 3.05. The molecule has 0 saturated heterocycles. The molecule has 0 aliphatic carbocycles. The fraction of sp³-hybridized carbons (Fsp3) is 0. The molecule has 0 radical (unpaired) electrons. The summed E-state index contributed by atoms with van der Waals surface area (Å²) < 4.78 is 0. The quantitative estimate of drug-likeness (QED) is 0.185. The molecule has 140 valence electrons. The summed E-state index contributed by atoms with van der Waals surface area (Å²) in [7, 11) is 0. The van der Waals surface area contributed by atoms with E-state index in [1.165, 1.54) is 0 Å². The van der Waals surface area contributed by atoms with Crippen molar-refractivity contribution < 1.29 is 0 Å². The fourth-order valence-electron chi connectivity index (χ4n) is 1.81. The van der Waals surface area contributed by atoms with Gasteiger partial charge in [-0.25, -0.2) is 0 Å². The lowest BCUT2D eigenvalue weighted by atomic mass is 10.1. The predicted molar refractivity (Wildman–Crippen MR) is 122 cm³/mol. The van der Waals surface area contributed by atoms with E-state index in [0.717, 1.165) is 0 Å². The minimum atomic E-state index is -0.166. The molecule has 0 unspecified atom stereocenters. The Hall–Kier alpha value is 1.66. The summed E-state index contributed by atoms with van der Waals surface area (Å²) in [5.41, 5.74) is 0.0439. The van der Waals surface area contributed by atoms with Gasteiger partial charge in [0.25, 0.3) is 0 Å². The Kier molecular flexibility index (Phi) is 8.48. The first-order valence-electron chi connectivity index (χ1n) is 6.02. The van der Waals surface area contributed by atoms with Crippen molar-refractivity contribution >= 4 is 149 Å². The zero-order valence-electron chi connectivity index (χ0n) is 11.5. The van der Waals surface area contributed by atoms with Crippen molar-refractivity contribution in [2.45, 2.75) is 0 Å². The SMILES string of the molecule is Cl/C(=C(\Cl)c1c(Cl)c(Cl)c(Cl)c(Cl)c1Cl)c1c(Cl)c(Cl)c(Cl)c(Cl)c1Cl. The van der Waals surface area contributed by atoms with Crippen molar-refractivity contribution in [2.24, 2.45) is 0 Å². The largest absolute Gasteiger partial charge is 0.0819 e. The third-order valence-corrected chi connectivity index (χ3v) is 8.46. The maximum atomic E-state index is 6.37. The number of hydrogen-bond donors (Lipinski definition) is 0. The van der Waals surface area contributed by atoms with E-state index in [1.54, 1.807) is 0 Å². The smallest absolute Gasteiger partial charge is 0.0809 e. The molecule has 26 heavy (non-hydrogen) atoms. The molecule has 0 aliphatic rings. The second-order valence-electron chi connectivity index (χ2n) is 4.52. The van der Waals surface area contributed by atoms with E-state index in [-0.39, 0.29) is 71.4 Å². The highest BCUT2D eigenvalue weighted by Gasteiger charge is 2.27. The highest BCUT2D eigenvalue weighted by atomic mass is 35.5. The van der Waals surface area contributed by atoms with Gasteiger partial charge in [-0.2, -0.15) is 0 Å². The van der Waals surface area contributed by atoms with Gasteiger partial charge in [-0.15, -0.1) is 0 Å². The molecule has 0 atom stereocenters. The van der Waals surface area contributed by atoms with Crippen LogP contribution < -0.4 is 0 Å². The highest BCUT2D eigenvalue weighted by Crippen LogP contribution is 2.52. The lowest BCUT2D eigenvalue weighted by Gasteiger charge is -2.16. The summed E-state index contributed by atoms with van der Waals surface area (Å²) in [5.74, 6) is 0. The number of benzene rings is 2. The van der Waals surface area contributed by atoms with Gasteiger partial charge in [-0.3, -0.25) is 0 Å². The molecule has 2 aromatic rings. The van der Waals surface area contributed by atoms with Crippen LogP contribution in [0.5, 0.6) is 0 Å². The molecule has 0 saturated carbocycles. The van der Waals surface area contributed by atoms with Crippen LogP contribution in [-0.4, -0.2) is 0 Å². The molecule has 0 heterocycles. The lowest BCUT2D eigenvalue weighted by Crippen LogP contribution is -1.93. The van der Waals surface area contributed by atoms with Crippen LogP contribution in [0.25, 0.3) is 10.1 Å². The minimum absolute atomic E-state index is 0.0220. The molecule has 0 nitrogen and oxygen atoms in total. The van der Waals surface area contributed by atoms with Crippen molar-refractivity contribution in [3.05, 3.63) is 61.4 Å². The Morgan fingerprint density at radius 3 is 0.654 bits per heavy atom. The van der Waals surface area contributed by atoms with Gasteiger partial charge in [0.2, 0.25) is 0 Å². The molecule has 0 spiro atoms. The topological polar surface area (TPSA) is 0 Å². The molecule has 0 amide bonds. The van der Waals surface area contributed by atoms with E-state index in [0.29, 0.717) is 0 Å². The van der Waals surface area contributed by atoms with Gasteiger partial charge in [-0.05, 0) is 0 Å². The third kappa shape index (κ3) is 4.10.